The summed E-state index contributed by atoms with van der Waals surface area (Å²) < 4.78 is 0. The molecule has 0 aromatic rings. The third kappa shape index (κ3) is 17.0. The van der Waals surface area contributed by atoms with Crippen molar-refractivity contribution in [3.8, 4) is 0 Å². The van der Waals surface area contributed by atoms with Gasteiger partial charge in [-0.05, 0) is 19.4 Å². The van der Waals surface area contributed by atoms with Gasteiger partial charge in [-0.25, -0.2) is 4.79 Å². The first-order valence-corrected chi connectivity index (χ1v) is 5.46. The highest BCUT2D eigenvalue weighted by Gasteiger charge is 2.11. The zero-order valence-electron chi connectivity index (χ0n) is 11.2. The summed E-state index contributed by atoms with van der Waals surface area (Å²) in [6, 6.07) is 0. The molecular formula is C11H24O8. The predicted octanol–water partition coefficient (Wildman–Crippen LogP) is -2.30. The number of carboxylic acid groups (broad SMARTS) is 1. The Labute approximate surface area is 111 Å². The fourth-order valence-electron chi connectivity index (χ4n) is 0.556. The molecule has 0 saturated heterocycles. The Bertz CT molecular complexity index is 231. The van der Waals surface area contributed by atoms with Crippen LogP contribution < -0.4 is 0 Å². The van der Waals surface area contributed by atoms with Crippen molar-refractivity contribution in [3.05, 3.63) is 11.1 Å². The van der Waals surface area contributed by atoms with Crippen molar-refractivity contribution in [2.75, 3.05) is 33.0 Å². The average molecular weight is 284 g/mol. The molecule has 0 fully saturated rings. The molecule has 0 spiro atoms. The van der Waals surface area contributed by atoms with Crippen LogP contribution in [-0.2, 0) is 4.79 Å². The molecule has 0 aromatic carbocycles. The number of hydrogen-bond acceptors (Lipinski definition) is 7. The minimum atomic E-state index is -1.07. The van der Waals surface area contributed by atoms with E-state index in [1.165, 1.54) is 13.8 Å². The Balaban J connectivity index is -0.000000264. The van der Waals surface area contributed by atoms with E-state index in [-0.39, 0.29) is 32.0 Å². The minimum absolute atomic E-state index is 0.0755. The predicted molar refractivity (Wildman–Crippen MR) is 67.4 cm³/mol. The van der Waals surface area contributed by atoms with Crippen molar-refractivity contribution in [2.45, 2.75) is 20.0 Å². The molecule has 0 radical (unpaired) electrons. The van der Waals surface area contributed by atoms with E-state index >= 15 is 0 Å². The number of aliphatic carboxylic acids is 1. The largest absolute Gasteiger partial charge is 0.478 e. The van der Waals surface area contributed by atoms with Crippen LogP contribution >= 0.6 is 0 Å². The van der Waals surface area contributed by atoms with Gasteiger partial charge in [0.1, 0.15) is 0 Å². The molecule has 0 aliphatic carbocycles. The smallest absolute Gasteiger partial charge is 0.331 e. The maximum Gasteiger partial charge on any atom is 0.331 e. The first-order chi connectivity index (χ1) is 8.83. The summed E-state index contributed by atoms with van der Waals surface area (Å²) in [4.78, 5) is 10.3. The molecule has 0 bridgehead atoms. The van der Waals surface area contributed by atoms with Gasteiger partial charge in [-0.15, -0.1) is 0 Å². The third-order valence-electron chi connectivity index (χ3n) is 1.79. The maximum absolute atomic E-state index is 10.3. The topological polar surface area (TPSA) is 159 Å². The Morgan fingerprint density at radius 2 is 1.21 bits per heavy atom. The van der Waals surface area contributed by atoms with Crippen molar-refractivity contribution in [2.24, 2.45) is 0 Å². The lowest BCUT2D eigenvalue weighted by atomic mass is 10.1. The molecule has 1 unspecified atom stereocenters. The van der Waals surface area contributed by atoms with E-state index < -0.39 is 18.7 Å². The van der Waals surface area contributed by atoms with E-state index in [9.17, 15) is 4.79 Å². The van der Waals surface area contributed by atoms with Gasteiger partial charge >= 0.3 is 5.97 Å². The second-order valence-corrected chi connectivity index (χ2v) is 3.21. The zero-order chi connectivity index (χ0) is 15.8. The average Bonchev–Trinajstić information content (AvgIpc) is 2.44. The van der Waals surface area contributed by atoms with Gasteiger partial charge < -0.3 is 35.7 Å². The molecule has 0 amide bonds. The number of hydrogen-bond donors (Lipinski definition) is 7. The fourth-order valence-corrected chi connectivity index (χ4v) is 0.556. The van der Waals surface area contributed by atoms with Crippen LogP contribution in [-0.4, -0.2) is 80.9 Å². The Kier molecular flexibility index (Phi) is 20.6. The summed E-state index contributed by atoms with van der Waals surface area (Å²) in [7, 11) is 0. The van der Waals surface area contributed by atoms with Crippen LogP contribution in [0.1, 0.15) is 13.8 Å². The van der Waals surface area contributed by atoms with Gasteiger partial charge in [-0.1, -0.05) is 0 Å². The quantitative estimate of drug-likeness (QED) is 0.278. The molecule has 0 heterocycles. The van der Waals surface area contributed by atoms with Gasteiger partial charge in [0.2, 0.25) is 0 Å². The van der Waals surface area contributed by atoms with Crippen LogP contribution in [0.25, 0.3) is 0 Å². The highest BCUT2D eigenvalue weighted by Crippen LogP contribution is 2.07. The first kappa shape index (κ1) is 23.1. The van der Waals surface area contributed by atoms with Crippen LogP contribution in [0.4, 0.5) is 0 Å². The van der Waals surface area contributed by atoms with Crippen molar-refractivity contribution in [3.63, 3.8) is 0 Å². The molecule has 116 valence electrons. The summed E-state index contributed by atoms with van der Waals surface area (Å²) in [5.41, 5.74) is 0.367. The number of aliphatic hydroxyl groups is 6. The molecule has 0 rings (SSSR count). The van der Waals surface area contributed by atoms with Crippen LogP contribution in [0.5, 0.6) is 0 Å². The minimum Gasteiger partial charge on any atom is -0.478 e. The monoisotopic (exact) mass is 284 g/mol. The summed E-state index contributed by atoms with van der Waals surface area (Å²) in [6.07, 6.45) is -1.06. The van der Waals surface area contributed by atoms with Gasteiger partial charge in [-0.3, -0.25) is 0 Å². The molecule has 8 nitrogen and oxygen atoms in total. The molecule has 1 atom stereocenters. The molecule has 0 aliphatic rings. The van der Waals surface area contributed by atoms with Crippen LogP contribution in [0.3, 0.4) is 0 Å². The molecule has 7 N–H and O–H groups in total. The van der Waals surface area contributed by atoms with E-state index in [1.54, 1.807) is 0 Å². The molecule has 19 heavy (non-hydrogen) atoms. The summed E-state index contributed by atoms with van der Waals surface area (Å²) in [5, 5.41) is 56.4. The lowest BCUT2D eigenvalue weighted by Crippen LogP contribution is -2.16. The highest BCUT2D eigenvalue weighted by molar-refractivity contribution is 5.86. The number of rotatable bonds is 5. The zero-order valence-corrected chi connectivity index (χ0v) is 11.2. The van der Waals surface area contributed by atoms with E-state index in [0.717, 1.165) is 0 Å². The van der Waals surface area contributed by atoms with Gasteiger partial charge in [-0.2, -0.15) is 0 Å². The molecule has 8 heteroatoms. The summed E-state index contributed by atoms with van der Waals surface area (Å²) in [6.45, 7) is 1.91. The Morgan fingerprint density at radius 1 is 0.895 bits per heavy atom. The second-order valence-electron chi connectivity index (χ2n) is 3.21. The summed E-state index contributed by atoms with van der Waals surface area (Å²) in [5.74, 6) is -1.07. The first-order valence-electron chi connectivity index (χ1n) is 5.46. The second kappa shape index (κ2) is 17.0. The normalized spacial score (nSPS) is 12.2. The SMILES string of the molecule is CC(C(=O)O)=C(C)C(O)CO.OCCO.OCCO. The fraction of sp³-hybridized carbons (Fsp3) is 0.727. The number of carbonyl (C=O) groups is 1. The van der Waals surface area contributed by atoms with Gasteiger partial charge in [0.25, 0.3) is 0 Å². The standard InChI is InChI=1S/C7H12O4.2C2H6O2/c1-4(6(9)3-8)5(2)7(10)11;2*3-1-2-4/h6,8-9H,3H2,1-2H3,(H,10,11);2*3-4H,1-2H2. The lowest BCUT2D eigenvalue weighted by molar-refractivity contribution is -0.132. The number of aliphatic hydroxyl groups excluding tert-OH is 6. The molecular weight excluding hydrogens is 260 g/mol. The lowest BCUT2D eigenvalue weighted by Gasteiger charge is -2.08. The summed E-state index contributed by atoms with van der Waals surface area (Å²) >= 11 is 0. The molecule has 0 aliphatic heterocycles. The maximum atomic E-state index is 10.3. The number of carboxylic acids is 1. The third-order valence-corrected chi connectivity index (χ3v) is 1.79. The van der Waals surface area contributed by atoms with E-state index in [1.807, 2.05) is 0 Å². The van der Waals surface area contributed by atoms with Crippen LogP contribution in [0.2, 0.25) is 0 Å². The van der Waals surface area contributed by atoms with Crippen LogP contribution in [0.15, 0.2) is 11.1 Å². The van der Waals surface area contributed by atoms with E-state index in [0.29, 0.717) is 5.57 Å². The van der Waals surface area contributed by atoms with Gasteiger partial charge in [0, 0.05) is 5.57 Å². The van der Waals surface area contributed by atoms with Crippen molar-refractivity contribution in [1.29, 1.82) is 0 Å². The van der Waals surface area contributed by atoms with Crippen molar-refractivity contribution < 1.29 is 40.5 Å². The van der Waals surface area contributed by atoms with Crippen molar-refractivity contribution in [1.82, 2.24) is 0 Å². The van der Waals surface area contributed by atoms with E-state index in [2.05, 4.69) is 0 Å². The van der Waals surface area contributed by atoms with Gasteiger partial charge in [0.05, 0.1) is 39.1 Å². The van der Waals surface area contributed by atoms with Gasteiger partial charge in [0.15, 0.2) is 0 Å². The Hall–Kier alpha value is -1.03. The van der Waals surface area contributed by atoms with Crippen molar-refractivity contribution >= 4 is 5.97 Å². The Morgan fingerprint density at radius 3 is 1.37 bits per heavy atom. The highest BCUT2D eigenvalue weighted by atomic mass is 16.4. The van der Waals surface area contributed by atoms with E-state index in [4.69, 9.17) is 35.7 Å². The van der Waals surface area contributed by atoms with Crippen LogP contribution in [0, 0.1) is 0 Å². The molecule has 0 saturated carbocycles. The molecule has 0 aromatic heterocycles.